The van der Waals surface area contributed by atoms with E-state index < -0.39 is 0 Å². The molecule has 0 saturated carbocycles. The molecule has 0 aliphatic carbocycles. The summed E-state index contributed by atoms with van der Waals surface area (Å²) >= 11 is 5.89. The minimum atomic E-state index is 0.438. The molecule has 0 aliphatic heterocycles. The van der Waals surface area contributed by atoms with E-state index in [9.17, 15) is 0 Å². The molecule has 2 rings (SSSR count). The van der Waals surface area contributed by atoms with Crippen molar-refractivity contribution in [2.45, 2.75) is 6.92 Å². The lowest BCUT2D eigenvalue weighted by Gasteiger charge is -2.04. The Kier molecular flexibility index (Phi) is 4.85. The first kappa shape index (κ1) is 14.2. The van der Waals surface area contributed by atoms with Gasteiger partial charge < -0.3 is 0 Å². The molecule has 0 heterocycles. The summed E-state index contributed by atoms with van der Waals surface area (Å²) in [4.78, 5) is 8.79. The van der Waals surface area contributed by atoms with Crippen molar-refractivity contribution in [3.05, 3.63) is 78.4 Å². The van der Waals surface area contributed by atoms with Crippen LogP contribution in [0.4, 0.5) is 0 Å². The molecular weight excluding hydrogens is 268 g/mol. The standard InChI is InChI=1S/C17H15ClN2/c1-13(15-9-5-3-6-10-15)19-17(20-14(2)18)16-11-7-4-8-12-16/h3-12H,1H2,2H3. The van der Waals surface area contributed by atoms with Gasteiger partial charge in [-0.05, 0) is 12.5 Å². The lowest BCUT2D eigenvalue weighted by Crippen LogP contribution is -1.99. The van der Waals surface area contributed by atoms with Gasteiger partial charge in [-0.3, -0.25) is 0 Å². The van der Waals surface area contributed by atoms with Crippen molar-refractivity contribution in [3.8, 4) is 0 Å². The van der Waals surface area contributed by atoms with Crippen LogP contribution in [0.2, 0.25) is 0 Å². The first-order valence-electron chi connectivity index (χ1n) is 6.26. The minimum Gasteiger partial charge on any atom is -0.229 e. The van der Waals surface area contributed by atoms with E-state index in [1.54, 1.807) is 6.92 Å². The number of halogens is 1. The van der Waals surface area contributed by atoms with Gasteiger partial charge in [0.05, 0.1) is 5.70 Å². The van der Waals surface area contributed by atoms with Crippen molar-refractivity contribution in [1.29, 1.82) is 0 Å². The van der Waals surface area contributed by atoms with Crippen molar-refractivity contribution in [1.82, 2.24) is 0 Å². The summed E-state index contributed by atoms with van der Waals surface area (Å²) in [5, 5.41) is 0.438. The van der Waals surface area contributed by atoms with E-state index in [0.29, 0.717) is 16.7 Å². The molecule has 0 spiro atoms. The molecule has 0 radical (unpaired) electrons. The molecule has 2 aromatic rings. The summed E-state index contributed by atoms with van der Waals surface area (Å²) in [7, 11) is 0. The Bertz CT molecular complexity index is 639. The first-order valence-corrected chi connectivity index (χ1v) is 6.64. The summed E-state index contributed by atoms with van der Waals surface area (Å²) in [6.45, 7) is 5.73. The Labute approximate surface area is 124 Å². The van der Waals surface area contributed by atoms with E-state index in [4.69, 9.17) is 11.6 Å². The Morgan fingerprint density at radius 2 is 1.35 bits per heavy atom. The van der Waals surface area contributed by atoms with Crippen LogP contribution in [0.25, 0.3) is 5.70 Å². The summed E-state index contributed by atoms with van der Waals surface area (Å²) in [5.74, 6) is 0.562. The molecule has 20 heavy (non-hydrogen) atoms. The fourth-order valence-electron chi connectivity index (χ4n) is 1.71. The second kappa shape index (κ2) is 6.83. The maximum absolute atomic E-state index is 5.89. The number of nitrogens with zero attached hydrogens (tertiary/aromatic N) is 2. The number of hydrogen-bond donors (Lipinski definition) is 0. The minimum absolute atomic E-state index is 0.438. The topological polar surface area (TPSA) is 24.7 Å². The predicted octanol–water partition coefficient (Wildman–Crippen LogP) is 4.76. The highest BCUT2D eigenvalue weighted by Crippen LogP contribution is 2.15. The van der Waals surface area contributed by atoms with Crippen LogP contribution in [0.1, 0.15) is 18.1 Å². The molecule has 0 aliphatic rings. The Morgan fingerprint density at radius 3 is 1.85 bits per heavy atom. The molecule has 100 valence electrons. The van der Waals surface area contributed by atoms with Crippen LogP contribution in [0.5, 0.6) is 0 Å². The fraction of sp³-hybridized carbons (Fsp3) is 0.0588. The Morgan fingerprint density at radius 1 is 0.850 bits per heavy atom. The third-order valence-electron chi connectivity index (χ3n) is 2.64. The second-order valence-electron chi connectivity index (χ2n) is 4.22. The van der Waals surface area contributed by atoms with Crippen LogP contribution in [0.3, 0.4) is 0 Å². The zero-order valence-corrected chi connectivity index (χ0v) is 12.0. The van der Waals surface area contributed by atoms with Gasteiger partial charge in [0.1, 0.15) is 5.17 Å². The molecule has 0 aromatic heterocycles. The third-order valence-corrected chi connectivity index (χ3v) is 2.72. The largest absolute Gasteiger partial charge is 0.229 e. The molecule has 0 unspecified atom stereocenters. The summed E-state index contributed by atoms with van der Waals surface area (Å²) in [5.41, 5.74) is 2.53. The number of aliphatic imine (C=N–C) groups is 2. The highest BCUT2D eigenvalue weighted by molar-refractivity contribution is 6.65. The lowest BCUT2D eigenvalue weighted by molar-refractivity contribution is 1.45. The Balaban J connectivity index is 2.40. The SMILES string of the molecule is C=C(N=C(N=C(C)Cl)c1ccccc1)c1ccccc1. The average Bonchev–Trinajstić information content (AvgIpc) is 2.48. The van der Waals surface area contributed by atoms with Crippen LogP contribution in [0.15, 0.2) is 77.2 Å². The second-order valence-corrected chi connectivity index (χ2v) is 4.77. The highest BCUT2D eigenvalue weighted by Gasteiger charge is 2.04. The summed E-state index contributed by atoms with van der Waals surface area (Å²) in [6.07, 6.45) is 0. The van der Waals surface area contributed by atoms with Crippen LogP contribution in [0, 0.1) is 0 Å². The quantitative estimate of drug-likeness (QED) is 0.573. The van der Waals surface area contributed by atoms with Crippen molar-refractivity contribution >= 4 is 28.3 Å². The van der Waals surface area contributed by atoms with Gasteiger partial charge in [0.2, 0.25) is 0 Å². The van der Waals surface area contributed by atoms with E-state index in [1.165, 1.54) is 0 Å². The van der Waals surface area contributed by atoms with E-state index >= 15 is 0 Å². The summed E-state index contributed by atoms with van der Waals surface area (Å²) in [6, 6.07) is 19.5. The van der Waals surface area contributed by atoms with E-state index in [1.807, 2.05) is 60.7 Å². The van der Waals surface area contributed by atoms with Gasteiger partial charge in [0, 0.05) is 5.56 Å². The van der Waals surface area contributed by atoms with Crippen LogP contribution in [-0.2, 0) is 0 Å². The van der Waals surface area contributed by atoms with E-state index in [2.05, 4.69) is 16.6 Å². The van der Waals surface area contributed by atoms with Crippen LogP contribution in [-0.4, -0.2) is 11.0 Å². The molecule has 0 saturated heterocycles. The molecule has 0 atom stereocenters. The zero-order valence-electron chi connectivity index (χ0n) is 11.3. The maximum atomic E-state index is 5.89. The predicted molar refractivity (Wildman–Crippen MR) is 87.4 cm³/mol. The van der Waals surface area contributed by atoms with Gasteiger partial charge in [0.15, 0.2) is 5.84 Å². The van der Waals surface area contributed by atoms with Gasteiger partial charge in [0.25, 0.3) is 0 Å². The van der Waals surface area contributed by atoms with Gasteiger partial charge >= 0.3 is 0 Å². The molecule has 0 fully saturated rings. The van der Waals surface area contributed by atoms with E-state index in [0.717, 1.165) is 11.1 Å². The number of amidine groups is 1. The van der Waals surface area contributed by atoms with E-state index in [-0.39, 0.29) is 0 Å². The smallest absolute Gasteiger partial charge is 0.161 e. The molecule has 2 aromatic carbocycles. The molecule has 0 amide bonds. The number of rotatable bonds is 3. The Hall–Kier alpha value is -2.19. The van der Waals surface area contributed by atoms with Crippen LogP contribution < -0.4 is 0 Å². The van der Waals surface area contributed by atoms with Crippen LogP contribution >= 0.6 is 11.6 Å². The zero-order chi connectivity index (χ0) is 14.4. The van der Waals surface area contributed by atoms with Gasteiger partial charge in [-0.25, -0.2) is 9.98 Å². The fourth-order valence-corrected chi connectivity index (χ4v) is 1.79. The molecular formula is C17H15ClN2. The molecule has 2 nitrogen and oxygen atoms in total. The van der Waals surface area contributed by atoms with Gasteiger partial charge in [-0.1, -0.05) is 78.8 Å². The monoisotopic (exact) mass is 282 g/mol. The molecule has 0 N–H and O–H groups in total. The van der Waals surface area contributed by atoms with Crippen molar-refractivity contribution in [3.63, 3.8) is 0 Å². The van der Waals surface area contributed by atoms with Crippen molar-refractivity contribution in [2.24, 2.45) is 9.98 Å². The van der Waals surface area contributed by atoms with Crippen molar-refractivity contribution in [2.75, 3.05) is 0 Å². The van der Waals surface area contributed by atoms with Crippen molar-refractivity contribution < 1.29 is 0 Å². The summed E-state index contributed by atoms with van der Waals surface area (Å²) < 4.78 is 0. The average molecular weight is 283 g/mol. The number of benzene rings is 2. The molecule has 3 heteroatoms. The molecule has 0 bridgehead atoms. The first-order chi connectivity index (χ1) is 9.66. The lowest BCUT2D eigenvalue weighted by atomic mass is 10.1. The highest BCUT2D eigenvalue weighted by atomic mass is 35.5. The van der Waals surface area contributed by atoms with Gasteiger partial charge in [-0.2, -0.15) is 0 Å². The normalized spacial score (nSPS) is 12.3. The van der Waals surface area contributed by atoms with Gasteiger partial charge in [-0.15, -0.1) is 0 Å². The third kappa shape index (κ3) is 3.90. The maximum Gasteiger partial charge on any atom is 0.161 e. The number of hydrogen-bond acceptors (Lipinski definition) is 1.